The Balaban J connectivity index is 2.73. The highest BCUT2D eigenvalue weighted by molar-refractivity contribution is 8.13. The fourth-order valence-electron chi connectivity index (χ4n) is 1.25. The molecule has 0 heterocycles. The Morgan fingerprint density at radius 3 is 2.53 bits per heavy atom. The van der Waals surface area contributed by atoms with Crippen molar-refractivity contribution in [1.82, 2.24) is 0 Å². The fourth-order valence-corrected chi connectivity index (χ4v) is 1.84. The van der Waals surface area contributed by atoms with Crippen molar-refractivity contribution in [3.8, 4) is 0 Å². The normalized spacial score (nSPS) is 11.8. The molecule has 7 heteroatoms. The van der Waals surface area contributed by atoms with Gasteiger partial charge in [-0.3, -0.25) is 10.1 Å². The van der Waals surface area contributed by atoms with Gasteiger partial charge in [0.2, 0.25) is 9.05 Å². The topological polar surface area (TPSA) is 77.3 Å². The number of benzene rings is 1. The molecule has 92 valence electrons. The van der Waals surface area contributed by atoms with E-state index in [2.05, 4.69) is 0 Å². The lowest BCUT2D eigenvalue weighted by atomic mass is 10.1. The average Bonchev–Trinajstić information content (AvgIpc) is 2.23. The molecule has 1 aromatic carbocycles. The van der Waals surface area contributed by atoms with Crippen molar-refractivity contribution < 1.29 is 13.3 Å². The highest BCUT2D eigenvalue weighted by atomic mass is 35.7. The molecule has 0 aliphatic rings. The highest BCUT2D eigenvalue weighted by Gasteiger charge is 2.10. The van der Waals surface area contributed by atoms with Crippen molar-refractivity contribution in [1.29, 1.82) is 0 Å². The number of allylic oxidation sites excluding steroid dienone is 1. The van der Waals surface area contributed by atoms with E-state index in [1.165, 1.54) is 12.1 Å². The van der Waals surface area contributed by atoms with E-state index < -0.39 is 14.0 Å². The lowest BCUT2D eigenvalue weighted by Crippen LogP contribution is -1.95. The molecule has 0 bridgehead atoms. The maximum absolute atomic E-state index is 10.7. The molecule has 0 aliphatic heterocycles. The number of halogens is 1. The summed E-state index contributed by atoms with van der Waals surface area (Å²) in [7, 11) is 1.46. The Morgan fingerprint density at radius 2 is 1.94 bits per heavy atom. The standard InChI is InChI=1S/C10H10ClNO4S/c11-17(15,16)8-4-3-6-9-5-1-2-7-10(9)12(13)14/h1-5,7H,6,8H2. The molecule has 0 aromatic heterocycles. The number of hydrogen-bond donors (Lipinski definition) is 0. The average molecular weight is 276 g/mol. The third kappa shape index (κ3) is 4.97. The lowest BCUT2D eigenvalue weighted by Gasteiger charge is -1.98. The fraction of sp³-hybridized carbons (Fsp3) is 0.200. The Labute approximate surface area is 103 Å². The zero-order valence-corrected chi connectivity index (χ0v) is 10.3. The molecule has 0 spiro atoms. The summed E-state index contributed by atoms with van der Waals surface area (Å²) in [6, 6.07) is 6.29. The van der Waals surface area contributed by atoms with Crippen molar-refractivity contribution in [2.45, 2.75) is 6.42 Å². The minimum Gasteiger partial charge on any atom is -0.258 e. The first-order chi connectivity index (χ1) is 7.90. The number of nitrogens with zero attached hydrogens (tertiary/aromatic N) is 1. The predicted molar refractivity (Wildman–Crippen MR) is 65.6 cm³/mol. The van der Waals surface area contributed by atoms with Gasteiger partial charge in [-0.15, -0.1) is 0 Å². The molecule has 0 unspecified atom stereocenters. The van der Waals surface area contributed by atoms with Gasteiger partial charge >= 0.3 is 0 Å². The van der Waals surface area contributed by atoms with Crippen LogP contribution in [0.1, 0.15) is 5.56 Å². The lowest BCUT2D eigenvalue weighted by molar-refractivity contribution is -0.385. The summed E-state index contributed by atoms with van der Waals surface area (Å²) in [4.78, 5) is 10.2. The van der Waals surface area contributed by atoms with E-state index in [9.17, 15) is 18.5 Å². The van der Waals surface area contributed by atoms with Gasteiger partial charge in [-0.25, -0.2) is 8.42 Å². The van der Waals surface area contributed by atoms with Gasteiger partial charge < -0.3 is 0 Å². The van der Waals surface area contributed by atoms with Crippen molar-refractivity contribution >= 4 is 25.4 Å². The van der Waals surface area contributed by atoms with E-state index in [0.29, 0.717) is 12.0 Å². The van der Waals surface area contributed by atoms with Crippen molar-refractivity contribution in [2.75, 3.05) is 5.75 Å². The molecule has 0 atom stereocenters. The summed E-state index contributed by atoms with van der Waals surface area (Å²) < 4.78 is 21.2. The van der Waals surface area contributed by atoms with E-state index in [-0.39, 0.29) is 11.4 Å². The van der Waals surface area contributed by atoms with Crippen LogP contribution in [0.2, 0.25) is 0 Å². The molecular formula is C10H10ClNO4S. The second-order valence-corrected chi connectivity index (χ2v) is 6.09. The monoisotopic (exact) mass is 275 g/mol. The van der Waals surface area contributed by atoms with Gasteiger partial charge in [0.25, 0.3) is 5.69 Å². The van der Waals surface area contributed by atoms with Crippen molar-refractivity contribution in [2.24, 2.45) is 0 Å². The molecule has 5 nitrogen and oxygen atoms in total. The van der Waals surface area contributed by atoms with Gasteiger partial charge in [0.15, 0.2) is 0 Å². The minimum absolute atomic E-state index is 0.0193. The van der Waals surface area contributed by atoms with Crippen LogP contribution in [0.3, 0.4) is 0 Å². The first-order valence-electron chi connectivity index (χ1n) is 4.70. The quantitative estimate of drug-likeness (QED) is 0.357. The van der Waals surface area contributed by atoms with Gasteiger partial charge in [-0.2, -0.15) is 0 Å². The molecule has 17 heavy (non-hydrogen) atoms. The highest BCUT2D eigenvalue weighted by Crippen LogP contribution is 2.18. The van der Waals surface area contributed by atoms with Crippen LogP contribution in [-0.4, -0.2) is 19.1 Å². The van der Waals surface area contributed by atoms with Gasteiger partial charge in [-0.1, -0.05) is 30.4 Å². The summed E-state index contributed by atoms with van der Waals surface area (Å²) >= 11 is 0. The van der Waals surface area contributed by atoms with Crippen LogP contribution in [0.5, 0.6) is 0 Å². The summed E-state index contributed by atoms with van der Waals surface area (Å²) in [6.45, 7) is 0. The molecule has 0 fully saturated rings. The van der Waals surface area contributed by atoms with Gasteiger partial charge in [-0.05, 0) is 6.42 Å². The summed E-state index contributed by atoms with van der Waals surface area (Å²) in [5, 5.41) is 10.7. The number of nitro benzene ring substituents is 1. The van der Waals surface area contributed by atoms with E-state index in [1.54, 1.807) is 24.3 Å². The summed E-state index contributed by atoms with van der Waals surface area (Å²) in [6.07, 6.45) is 3.21. The molecule has 0 amide bonds. The van der Waals surface area contributed by atoms with Gasteiger partial charge in [0, 0.05) is 22.3 Å². The predicted octanol–water partition coefficient (Wildman–Crippen LogP) is 2.26. The van der Waals surface area contributed by atoms with Crippen LogP contribution in [0.4, 0.5) is 5.69 Å². The molecule has 0 saturated carbocycles. The van der Waals surface area contributed by atoms with Gasteiger partial charge in [0.05, 0.1) is 10.7 Å². The van der Waals surface area contributed by atoms with Crippen LogP contribution in [0.15, 0.2) is 36.4 Å². The minimum atomic E-state index is -3.55. The summed E-state index contributed by atoms with van der Waals surface area (Å²) in [5.41, 5.74) is 0.548. The van der Waals surface area contributed by atoms with Gasteiger partial charge in [0.1, 0.15) is 0 Å². The van der Waals surface area contributed by atoms with Crippen LogP contribution < -0.4 is 0 Å². The second-order valence-electron chi connectivity index (χ2n) is 3.27. The number of hydrogen-bond acceptors (Lipinski definition) is 4. The van der Waals surface area contributed by atoms with E-state index in [4.69, 9.17) is 10.7 Å². The molecule has 1 aromatic rings. The third-order valence-electron chi connectivity index (χ3n) is 1.99. The number of rotatable bonds is 5. The van der Waals surface area contributed by atoms with Crippen LogP contribution in [0, 0.1) is 10.1 Å². The molecule has 1 rings (SSSR count). The zero-order valence-electron chi connectivity index (χ0n) is 8.74. The number of nitro groups is 1. The molecule has 0 aliphatic carbocycles. The number of para-hydroxylation sites is 1. The second kappa shape index (κ2) is 5.79. The van der Waals surface area contributed by atoms with Crippen molar-refractivity contribution in [3.63, 3.8) is 0 Å². The maximum Gasteiger partial charge on any atom is 0.272 e. The van der Waals surface area contributed by atoms with Crippen molar-refractivity contribution in [3.05, 3.63) is 52.1 Å². The molecule has 0 radical (unpaired) electrons. The largest absolute Gasteiger partial charge is 0.272 e. The molecular weight excluding hydrogens is 266 g/mol. The molecule has 0 N–H and O–H groups in total. The Kier molecular flexibility index (Phi) is 4.65. The third-order valence-corrected chi connectivity index (χ3v) is 2.96. The van der Waals surface area contributed by atoms with Crippen LogP contribution in [-0.2, 0) is 15.5 Å². The van der Waals surface area contributed by atoms with Crippen LogP contribution >= 0.6 is 10.7 Å². The van der Waals surface area contributed by atoms with E-state index in [1.807, 2.05) is 0 Å². The SMILES string of the molecule is O=[N+]([O-])c1ccccc1CC=CCS(=O)(=O)Cl. The Hall–Kier alpha value is -1.40. The summed E-state index contributed by atoms with van der Waals surface area (Å²) in [5.74, 6) is -0.283. The van der Waals surface area contributed by atoms with E-state index >= 15 is 0 Å². The Morgan fingerprint density at radius 1 is 1.29 bits per heavy atom. The van der Waals surface area contributed by atoms with Crippen LogP contribution in [0.25, 0.3) is 0 Å². The smallest absolute Gasteiger partial charge is 0.258 e. The first-order valence-corrected chi connectivity index (χ1v) is 7.17. The Bertz CT molecular complexity index is 539. The first kappa shape index (κ1) is 13.7. The van der Waals surface area contributed by atoms with E-state index in [0.717, 1.165) is 0 Å². The zero-order chi connectivity index (χ0) is 12.9. The maximum atomic E-state index is 10.7. The molecule has 0 saturated heterocycles.